The van der Waals surface area contributed by atoms with E-state index >= 15 is 0 Å². The van der Waals surface area contributed by atoms with Crippen molar-refractivity contribution in [1.29, 1.82) is 0 Å². The van der Waals surface area contributed by atoms with Gasteiger partial charge in [-0.1, -0.05) is 6.92 Å². The number of anilines is 1. The lowest BCUT2D eigenvalue weighted by Gasteiger charge is -2.08. The molecule has 0 radical (unpaired) electrons. The smallest absolute Gasteiger partial charge is 0.226 e. The summed E-state index contributed by atoms with van der Waals surface area (Å²) in [4.78, 5) is 14.1. The van der Waals surface area contributed by atoms with Gasteiger partial charge in [-0.05, 0) is 20.3 Å². The molecule has 0 saturated carbocycles. The minimum absolute atomic E-state index is 0.596. The second kappa shape index (κ2) is 6.47. The molecule has 2 aromatic rings. The second-order valence-corrected chi connectivity index (χ2v) is 5.17. The van der Waals surface area contributed by atoms with Gasteiger partial charge in [0.15, 0.2) is 0 Å². The van der Waals surface area contributed by atoms with Crippen LogP contribution >= 0.6 is 11.3 Å². The predicted molar refractivity (Wildman–Crippen MR) is 76.7 cm³/mol. The SMILES string of the molecule is CCCOc1cc(C)nc(NCc2scnc2C)n1. The zero-order valence-electron chi connectivity index (χ0n) is 11.4. The Morgan fingerprint density at radius 1 is 1.32 bits per heavy atom. The molecule has 0 fully saturated rings. The van der Waals surface area contributed by atoms with Crippen LogP contribution in [0.2, 0.25) is 0 Å². The number of rotatable bonds is 6. The Morgan fingerprint density at radius 3 is 2.84 bits per heavy atom. The van der Waals surface area contributed by atoms with Gasteiger partial charge in [0.1, 0.15) is 0 Å². The third-order valence-electron chi connectivity index (χ3n) is 2.54. The first-order chi connectivity index (χ1) is 9.19. The van der Waals surface area contributed by atoms with Crippen LogP contribution < -0.4 is 10.1 Å². The number of nitrogens with zero attached hydrogens (tertiary/aromatic N) is 3. The second-order valence-electron chi connectivity index (χ2n) is 4.23. The van der Waals surface area contributed by atoms with Gasteiger partial charge in [0, 0.05) is 16.6 Å². The first-order valence-corrected chi connectivity index (χ1v) is 7.18. The van der Waals surface area contributed by atoms with Gasteiger partial charge in [0.05, 0.1) is 24.4 Å². The molecule has 2 aromatic heterocycles. The van der Waals surface area contributed by atoms with E-state index in [0.717, 1.165) is 17.8 Å². The first kappa shape index (κ1) is 13.7. The highest BCUT2D eigenvalue weighted by Crippen LogP contribution is 2.16. The standard InChI is InChI=1S/C13H18N4OS/c1-4-5-18-12-6-9(2)16-13(17-12)14-7-11-10(3)15-8-19-11/h6,8H,4-5,7H2,1-3H3,(H,14,16,17). The summed E-state index contributed by atoms with van der Waals surface area (Å²) in [6.07, 6.45) is 0.964. The Labute approximate surface area is 117 Å². The molecule has 1 N–H and O–H groups in total. The predicted octanol–water partition coefficient (Wildman–Crippen LogP) is 2.95. The van der Waals surface area contributed by atoms with E-state index in [-0.39, 0.29) is 0 Å². The molecule has 5 nitrogen and oxygen atoms in total. The molecule has 0 aliphatic rings. The summed E-state index contributed by atoms with van der Waals surface area (Å²) in [6.45, 7) is 7.36. The molecule has 0 saturated heterocycles. The number of thiazole rings is 1. The minimum Gasteiger partial charge on any atom is -0.478 e. The van der Waals surface area contributed by atoms with E-state index in [2.05, 4.69) is 27.2 Å². The van der Waals surface area contributed by atoms with Crippen LogP contribution in [0.5, 0.6) is 5.88 Å². The van der Waals surface area contributed by atoms with Gasteiger partial charge in [-0.15, -0.1) is 11.3 Å². The van der Waals surface area contributed by atoms with Gasteiger partial charge >= 0.3 is 0 Å². The Morgan fingerprint density at radius 2 is 2.16 bits per heavy atom. The van der Waals surface area contributed by atoms with E-state index in [1.165, 1.54) is 4.88 Å². The molecule has 0 aromatic carbocycles. The average Bonchev–Trinajstić information content (AvgIpc) is 2.79. The van der Waals surface area contributed by atoms with Crippen LogP contribution in [0, 0.1) is 13.8 Å². The zero-order chi connectivity index (χ0) is 13.7. The summed E-state index contributed by atoms with van der Waals surface area (Å²) in [7, 11) is 0. The molecule has 2 rings (SSSR count). The monoisotopic (exact) mass is 278 g/mol. The minimum atomic E-state index is 0.596. The van der Waals surface area contributed by atoms with Crippen molar-refractivity contribution in [2.45, 2.75) is 33.7 Å². The molecule has 2 heterocycles. The molecule has 19 heavy (non-hydrogen) atoms. The molecule has 0 unspecified atom stereocenters. The van der Waals surface area contributed by atoms with Crippen molar-refractivity contribution in [3.8, 4) is 5.88 Å². The fourth-order valence-electron chi connectivity index (χ4n) is 1.55. The van der Waals surface area contributed by atoms with Crippen LogP contribution in [0.4, 0.5) is 5.95 Å². The number of ether oxygens (including phenoxy) is 1. The quantitative estimate of drug-likeness (QED) is 0.880. The van der Waals surface area contributed by atoms with E-state index in [9.17, 15) is 0 Å². The lowest BCUT2D eigenvalue weighted by molar-refractivity contribution is 0.305. The van der Waals surface area contributed by atoms with Crippen molar-refractivity contribution in [3.05, 3.63) is 27.8 Å². The van der Waals surface area contributed by atoms with Gasteiger partial charge in [0.25, 0.3) is 0 Å². The summed E-state index contributed by atoms with van der Waals surface area (Å²) in [5.41, 5.74) is 3.79. The lowest BCUT2D eigenvalue weighted by atomic mass is 10.4. The molecular weight excluding hydrogens is 260 g/mol. The molecule has 0 aliphatic carbocycles. The van der Waals surface area contributed by atoms with Crippen molar-refractivity contribution in [2.75, 3.05) is 11.9 Å². The fraction of sp³-hybridized carbons (Fsp3) is 0.462. The summed E-state index contributed by atoms with van der Waals surface area (Å²) in [5, 5.41) is 3.21. The molecule has 0 aliphatic heterocycles. The third-order valence-corrected chi connectivity index (χ3v) is 3.47. The third kappa shape index (κ3) is 3.89. The molecule has 0 atom stereocenters. The zero-order valence-corrected chi connectivity index (χ0v) is 12.3. The maximum absolute atomic E-state index is 5.54. The number of nitrogens with one attached hydrogen (secondary N) is 1. The normalized spacial score (nSPS) is 10.5. The van der Waals surface area contributed by atoms with Gasteiger partial charge in [-0.25, -0.2) is 9.97 Å². The van der Waals surface area contributed by atoms with Gasteiger partial charge < -0.3 is 10.1 Å². The molecule has 0 spiro atoms. The van der Waals surface area contributed by atoms with Crippen molar-refractivity contribution < 1.29 is 4.74 Å². The van der Waals surface area contributed by atoms with E-state index in [1.807, 2.05) is 25.4 Å². The van der Waals surface area contributed by atoms with Gasteiger partial charge in [-0.3, -0.25) is 0 Å². The highest BCUT2D eigenvalue weighted by molar-refractivity contribution is 7.09. The first-order valence-electron chi connectivity index (χ1n) is 6.30. The number of hydrogen-bond acceptors (Lipinski definition) is 6. The van der Waals surface area contributed by atoms with Crippen molar-refractivity contribution in [3.63, 3.8) is 0 Å². The molecule has 0 bridgehead atoms. The topological polar surface area (TPSA) is 59.9 Å². The highest BCUT2D eigenvalue weighted by Gasteiger charge is 2.05. The number of hydrogen-bond donors (Lipinski definition) is 1. The average molecular weight is 278 g/mol. The van der Waals surface area contributed by atoms with Crippen LogP contribution in [0.25, 0.3) is 0 Å². The highest BCUT2D eigenvalue weighted by atomic mass is 32.1. The lowest BCUT2D eigenvalue weighted by Crippen LogP contribution is -2.06. The van der Waals surface area contributed by atoms with Crippen LogP contribution in [0.3, 0.4) is 0 Å². The van der Waals surface area contributed by atoms with Crippen LogP contribution in [-0.4, -0.2) is 21.6 Å². The molecule has 102 valence electrons. The summed E-state index contributed by atoms with van der Waals surface area (Å²) in [6, 6.07) is 1.85. The van der Waals surface area contributed by atoms with Crippen molar-refractivity contribution in [2.24, 2.45) is 0 Å². The Hall–Kier alpha value is -1.69. The van der Waals surface area contributed by atoms with E-state index in [1.54, 1.807) is 11.3 Å². The van der Waals surface area contributed by atoms with Crippen LogP contribution in [0.1, 0.15) is 29.6 Å². The van der Waals surface area contributed by atoms with Crippen LogP contribution in [0.15, 0.2) is 11.6 Å². The van der Waals surface area contributed by atoms with Gasteiger partial charge in [-0.2, -0.15) is 4.98 Å². The largest absolute Gasteiger partial charge is 0.478 e. The Balaban J connectivity index is 2.03. The Bertz CT molecular complexity index is 541. The molecule has 6 heteroatoms. The summed E-state index contributed by atoms with van der Waals surface area (Å²) in [5.74, 6) is 1.22. The molecule has 0 amide bonds. The number of aryl methyl sites for hydroxylation is 2. The molecular formula is C13H18N4OS. The van der Waals surface area contributed by atoms with Crippen molar-refractivity contribution >= 4 is 17.3 Å². The maximum atomic E-state index is 5.54. The van der Waals surface area contributed by atoms with E-state index in [4.69, 9.17) is 4.74 Å². The van der Waals surface area contributed by atoms with E-state index < -0.39 is 0 Å². The fourth-order valence-corrected chi connectivity index (χ4v) is 2.27. The Kier molecular flexibility index (Phi) is 4.68. The summed E-state index contributed by atoms with van der Waals surface area (Å²) < 4.78 is 5.54. The number of aromatic nitrogens is 3. The summed E-state index contributed by atoms with van der Waals surface area (Å²) >= 11 is 1.63. The van der Waals surface area contributed by atoms with Gasteiger partial charge in [0.2, 0.25) is 11.8 Å². The van der Waals surface area contributed by atoms with Crippen molar-refractivity contribution in [1.82, 2.24) is 15.0 Å². The maximum Gasteiger partial charge on any atom is 0.226 e. The van der Waals surface area contributed by atoms with Crippen LogP contribution in [-0.2, 0) is 6.54 Å². The van der Waals surface area contributed by atoms with E-state index in [0.29, 0.717) is 25.0 Å².